The van der Waals surface area contributed by atoms with Gasteiger partial charge in [-0.05, 0) is 65.7 Å². The van der Waals surface area contributed by atoms with Crippen LogP contribution in [0.3, 0.4) is 0 Å². The molecule has 3 unspecified atom stereocenters. The summed E-state index contributed by atoms with van der Waals surface area (Å²) in [6.07, 6.45) is 8.58. The topological polar surface area (TPSA) is 71.1 Å². The number of hydrogen-bond acceptors (Lipinski definition) is 6. The molecule has 0 aliphatic carbocycles. The van der Waals surface area contributed by atoms with Gasteiger partial charge in [-0.3, -0.25) is 9.78 Å². The van der Waals surface area contributed by atoms with Crippen LogP contribution in [0.1, 0.15) is 127 Å². The van der Waals surface area contributed by atoms with Crippen molar-refractivity contribution in [2.75, 3.05) is 0 Å². The maximum atomic E-state index is 12.4. The molecular formula is C26H50O6. The minimum atomic E-state index is -0.703. The molecule has 0 saturated carbocycles. The summed E-state index contributed by atoms with van der Waals surface area (Å²) in [5.74, 6) is -0.840. The van der Waals surface area contributed by atoms with E-state index in [2.05, 4.69) is 20.8 Å². The second-order valence-corrected chi connectivity index (χ2v) is 10.1. The Kier molecular flexibility index (Phi) is 15.1. The fourth-order valence-electron chi connectivity index (χ4n) is 3.89. The van der Waals surface area contributed by atoms with E-state index in [0.29, 0.717) is 6.42 Å². The molecule has 0 radical (unpaired) electrons. The van der Waals surface area contributed by atoms with Gasteiger partial charge in [0.05, 0.1) is 11.8 Å². The Hall–Kier alpha value is -1.14. The lowest BCUT2D eigenvalue weighted by Crippen LogP contribution is -2.41. The molecule has 0 bridgehead atoms. The molecule has 6 heteroatoms. The van der Waals surface area contributed by atoms with Crippen molar-refractivity contribution in [3.63, 3.8) is 0 Å². The first-order valence-corrected chi connectivity index (χ1v) is 12.8. The molecule has 0 aromatic heterocycles. The van der Waals surface area contributed by atoms with Gasteiger partial charge in [-0.15, -0.1) is 0 Å². The normalized spacial score (nSPS) is 15.2. The van der Waals surface area contributed by atoms with Crippen molar-refractivity contribution >= 4 is 11.9 Å². The predicted molar refractivity (Wildman–Crippen MR) is 128 cm³/mol. The summed E-state index contributed by atoms with van der Waals surface area (Å²) in [5.41, 5.74) is -1.40. The molecule has 0 amide bonds. The van der Waals surface area contributed by atoms with Crippen LogP contribution in [-0.4, -0.2) is 23.1 Å². The van der Waals surface area contributed by atoms with Gasteiger partial charge in [0, 0.05) is 0 Å². The quantitative estimate of drug-likeness (QED) is 0.158. The van der Waals surface area contributed by atoms with E-state index in [1.165, 1.54) is 0 Å². The SMILES string of the molecule is CCCCC(CC)C(=O)OOC(C)(C)CC(CC)C(C)(C)OOC(=O)C(CC)CCCC. The second-order valence-electron chi connectivity index (χ2n) is 10.1. The Bertz CT molecular complexity index is 528. The van der Waals surface area contributed by atoms with Gasteiger partial charge >= 0.3 is 11.9 Å². The minimum Gasteiger partial charge on any atom is -0.298 e. The highest BCUT2D eigenvalue weighted by molar-refractivity contribution is 5.72. The van der Waals surface area contributed by atoms with Gasteiger partial charge in [-0.1, -0.05) is 66.7 Å². The molecule has 0 aromatic carbocycles. The Labute approximate surface area is 196 Å². The van der Waals surface area contributed by atoms with Crippen LogP contribution in [0.5, 0.6) is 0 Å². The third-order valence-corrected chi connectivity index (χ3v) is 6.37. The Morgan fingerprint density at radius 2 is 1.12 bits per heavy atom. The summed E-state index contributed by atoms with van der Waals surface area (Å²) in [5, 5.41) is 0. The van der Waals surface area contributed by atoms with Crippen LogP contribution in [0.15, 0.2) is 0 Å². The predicted octanol–water partition coefficient (Wildman–Crippen LogP) is 7.34. The molecule has 0 heterocycles. The number of hydrogen-bond donors (Lipinski definition) is 0. The summed E-state index contributed by atoms with van der Waals surface area (Å²) in [6, 6.07) is 0. The summed E-state index contributed by atoms with van der Waals surface area (Å²) >= 11 is 0. The Morgan fingerprint density at radius 3 is 1.50 bits per heavy atom. The first kappa shape index (κ1) is 30.9. The number of carbonyl (C=O) groups is 2. The first-order valence-electron chi connectivity index (χ1n) is 12.8. The van der Waals surface area contributed by atoms with Crippen LogP contribution in [0, 0.1) is 17.8 Å². The Morgan fingerprint density at radius 1 is 0.688 bits per heavy atom. The molecule has 0 fully saturated rings. The monoisotopic (exact) mass is 458 g/mol. The van der Waals surface area contributed by atoms with Gasteiger partial charge < -0.3 is 0 Å². The average Bonchev–Trinajstić information content (AvgIpc) is 2.75. The molecule has 32 heavy (non-hydrogen) atoms. The summed E-state index contributed by atoms with van der Waals surface area (Å²) in [7, 11) is 0. The highest BCUT2D eigenvalue weighted by Crippen LogP contribution is 2.34. The molecule has 0 spiro atoms. The molecule has 3 atom stereocenters. The fourth-order valence-corrected chi connectivity index (χ4v) is 3.89. The van der Waals surface area contributed by atoms with Crippen molar-refractivity contribution < 1.29 is 29.1 Å². The highest BCUT2D eigenvalue weighted by Gasteiger charge is 2.38. The van der Waals surface area contributed by atoms with Gasteiger partial charge in [0.2, 0.25) is 0 Å². The summed E-state index contributed by atoms with van der Waals surface area (Å²) < 4.78 is 0. The van der Waals surface area contributed by atoms with E-state index in [-0.39, 0.29) is 29.7 Å². The van der Waals surface area contributed by atoms with Crippen LogP contribution in [0.25, 0.3) is 0 Å². The highest BCUT2D eigenvalue weighted by atomic mass is 17.2. The molecular weight excluding hydrogens is 408 g/mol. The number of unbranched alkanes of at least 4 members (excludes halogenated alkanes) is 2. The zero-order valence-corrected chi connectivity index (χ0v) is 22.3. The van der Waals surface area contributed by atoms with E-state index in [1.807, 2.05) is 41.5 Å². The fraction of sp³-hybridized carbons (Fsp3) is 0.923. The van der Waals surface area contributed by atoms with Gasteiger partial charge in [-0.25, -0.2) is 9.59 Å². The standard InChI is InChI=1S/C26H50O6/c1-10-15-17-20(12-3)23(27)29-31-25(6,7)19-22(14-5)26(8,9)32-30-24(28)21(13-4)18-16-11-2/h20-22H,10-19H2,1-9H3. The van der Waals surface area contributed by atoms with Crippen LogP contribution in [0.4, 0.5) is 0 Å². The summed E-state index contributed by atoms with van der Waals surface area (Å²) in [4.78, 5) is 46.6. The van der Waals surface area contributed by atoms with E-state index >= 15 is 0 Å². The molecule has 0 aliphatic heterocycles. The zero-order valence-electron chi connectivity index (χ0n) is 22.3. The lowest BCUT2D eigenvalue weighted by atomic mass is 9.81. The largest absolute Gasteiger partial charge is 0.345 e. The second kappa shape index (κ2) is 15.7. The van der Waals surface area contributed by atoms with Crippen LogP contribution >= 0.6 is 0 Å². The van der Waals surface area contributed by atoms with Gasteiger partial charge in [0.25, 0.3) is 0 Å². The molecule has 0 N–H and O–H groups in total. The molecule has 6 nitrogen and oxygen atoms in total. The molecule has 0 saturated heterocycles. The number of carbonyl (C=O) groups excluding carboxylic acids is 2. The van der Waals surface area contributed by atoms with Crippen molar-refractivity contribution in [1.29, 1.82) is 0 Å². The molecule has 0 rings (SSSR count). The number of rotatable bonds is 18. The van der Waals surface area contributed by atoms with Crippen LogP contribution in [0.2, 0.25) is 0 Å². The molecule has 0 aliphatic rings. The van der Waals surface area contributed by atoms with Crippen molar-refractivity contribution in [2.45, 2.75) is 138 Å². The molecule has 0 aromatic rings. The van der Waals surface area contributed by atoms with Crippen molar-refractivity contribution in [1.82, 2.24) is 0 Å². The lowest BCUT2D eigenvalue weighted by Gasteiger charge is -2.36. The van der Waals surface area contributed by atoms with Gasteiger partial charge in [0.1, 0.15) is 11.2 Å². The van der Waals surface area contributed by atoms with Crippen LogP contribution < -0.4 is 0 Å². The van der Waals surface area contributed by atoms with E-state index < -0.39 is 11.2 Å². The summed E-state index contributed by atoms with van der Waals surface area (Å²) in [6.45, 7) is 17.9. The molecule has 190 valence electrons. The average molecular weight is 459 g/mol. The van der Waals surface area contributed by atoms with Crippen molar-refractivity contribution in [2.24, 2.45) is 17.8 Å². The Balaban J connectivity index is 4.87. The van der Waals surface area contributed by atoms with E-state index in [9.17, 15) is 9.59 Å². The van der Waals surface area contributed by atoms with Crippen LogP contribution in [-0.2, 0) is 29.1 Å². The van der Waals surface area contributed by atoms with E-state index in [0.717, 1.165) is 57.8 Å². The van der Waals surface area contributed by atoms with Gasteiger partial charge in [0.15, 0.2) is 0 Å². The first-order chi connectivity index (χ1) is 15.0. The van der Waals surface area contributed by atoms with E-state index in [4.69, 9.17) is 19.6 Å². The van der Waals surface area contributed by atoms with Crippen molar-refractivity contribution in [3.8, 4) is 0 Å². The lowest BCUT2D eigenvalue weighted by molar-refractivity contribution is -0.353. The van der Waals surface area contributed by atoms with Gasteiger partial charge in [-0.2, -0.15) is 9.78 Å². The maximum Gasteiger partial charge on any atom is 0.345 e. The van der Waals surface area contributed by atoms with E-state index in [1.54, 1.807) is 0 Å². The van der Waals surface area contributed by atoms with Crippen molar-refractivity contribution in [3.05, 3.63) is 0 Å². The maximum absolute atomic E-state index is 12.4. The zero-order chi connectivity index (χ0) is 24.8. The third-order valence-electron chi connectivity index (χ3n) is 6.37. The smallest absolute Gasteiger partial charge is 0.298 e. The third kappa shape index (κ3) is 11.6. The minimum absolute atomic E-state index is 0.0294.